The number of Topliss-reactive ketones (excluding diaryl/α,β-unsaturated/α-hetero) is 1. The number of aromatic amines is 1. The fraction of sp³-hybridized carbons (Fsp3) is 0.350. The molecule has 1 aromatic heterocycles. The number of esters is 1. The molecule has 2 aromatic rings. The van der Waals surface area contributed by atoms with E-state index in [0.29, 0.717) is 23.2 Å². The van der Waals surface area contributed by atoms with E-state index in [2.05, 4.69) is 10.3 Å². The van der Waals surface area contributed by atoms with Crippen molar-refractivity contribution in [1.82, 2.24) is 10.3 Å². The second kappa shape index (κ2) is 8.47. The van der Waals surface area contributed by atoms with Crippen LogP contribution in [-0.4, -0.2) is 35.3 Å². The number of amides is 1. The first-order valence-electron chi connectivity index (χ1n) is 8.56. The van der Waals surface area contributed by atoms with Crippen molar-refractivity contribution < 1.29 is 19.1 Å². The van der Waals surface area contributed by atoms with E-state index < -0.39 is 17.9 Å². The minimum atomic E-state index is -0.811. The summed E-state index contributed by atoms with van der Waals surface area (Å²) >= 11 is 0. The molecule has 0 radical (unpaired) electrons. The van der Waals surface area contributed by atoms with Gasteiger partial charge in [-0.3, -0.25) is 9.59 Å². The zero-order valence-corrected chi connectivity index (χ0v) is 15.5. The van der Waals surface area contributed by atoms with Gasteiger partial charge in [0, 0.05) is 17.7 Å². The fourth-order valence-corrected chi connectivity index (χ4v) is 3.02. The standard InChI is InChI=1S/C20H24N2O4/c1-5-26-20(25)16(11-15-9-7-6-8-10-15)22-19(24)18-12(2)17(14(4)23)13(3)21-18/h6-10,16,21H,5,11H2,1-4H3,(H,22,24). The van der Waals surface area contributed by atoms with Gasteiger partial charge in [-0.2, -0.15) is 0 Å². The molecule has 0 saturated heterocycles. The summed E-state index contributed by atoms with van der Waals surface area (Å²) in [6.45, 7) is 6.87. The fourth-order valence-electron chi connectivity index (χ4n) is 3.02. The predicted molar refractivity (Wildman–Crippen MR) is 98.3 cm³/mol. The molecule has 1 amide bonds. The van der Waals surface area contributed by atoms with Gasteiger partial charge in [-0.25, -0.2) is 4.79 Å². The van der Waals surface area contributed by atoms with Crippen LogP contribution in [0.15, 0.2) is 30.3 Å². The molecule has 0 spiro atoms. The smallest absolute Gasteiger partial charge is 0.328 e. The lowest BCUT2D eigenvalue weighted by atomic mass is 10.0. The van der Waals surface area contributed by atoms with Crippen LogP contribution in [0, 0.1) is 13.8 Å². The normalized spacial score (nSPS) is 11.7. The Hall–Kier alpha value is -2.89. The first kappa shape index (κ1) is 19.4. The number of carbonyl (C=O) groups is 3. The van der Waals surface area contributed by atoms with Crippen LogP contribution in [0.5, 0.6) is 0 Å². The summed E-state index contributed by atoms with van der Waals surface area (Å²) in [7, 11) is 0. The van der Waals surface area contributed by atoms with E-state index in [0.717, 1.165) is 5.56 Å². The van der Waals surface area contributed by atoms with Gasteiger partial charge in [-0.1, -0.05) is 30.3 Å². The summed E-state index contributed by atoms with van der Waals surface area (Å²) in [6.07, 6.45) is 0.323. The first-order chi connectivity index (χ1) is 12.3. The predicted octanol–water partition coefficient (Wildman–Crippen LogP) is 2.74. The monoisotopic (exact) mass is 356 g/mol. The largest absolute Gasteiger partial charge is 0.464 e. The second-order valence-electron chi connectivity index (χ2n) is 6.15. The van der Waals surface area contributed by atoms with E-state index in [1.54, 1.807) is 20.8 Å². The molecule has 26 heavy (non-hydrogen) atoms. The van der Waals surface area contributed by atoms with E-state index in [1.165, 1.54) is 6.92 Å². The van der Waals surface area contributed by atoms with Gasteiger partial charge in [0.05, 0.1) is 6.61 Å². The van der Waals surface area contributed by atoms with Crippen LogP contribution in [0.3, 0.4) is 0 Å². The molecule has 2 rings (SSSR count). The van der Waals surface area contributed by atoms with Crippen molar-refractivity contribution in [2.75, 3.05) is 6.61 Å². The topological polar surface area (TPSA) is 88.3 Å². The van der Waals surface area contributed by atoms with Crippen molar-refractivity contribution in [2.24, 2.45) is 0 Å². The maximum atomic E-state index is 12.7. The summed E-state index contributed by atoms with van der Waals surface area (Å²) in [5, 5.41) is 2.73. The molecular formula is C20H24N2O4. The molecule has 0 fully saturated rings. The molecule has 1 unspecified atom stereocenters. The lowest BCUT2D eigenvalue weighted by Crippen LogP contribution is -2.43. The van der Waals surface area contributed by atoms with Gasteiger partial charge in [-0.05, 0) is 38.8 Å². The van der Waals surface area contributed by atoms with Crippen LogP contribution in [0.25, 0.3) is 0 Å². The van der Waals surface area contributed by atoms with Crippen molar-refractivity contribution in [3.63, 3.8) is 0 Å². The number of aryl methyl sites for hydroxylation is 1. The Morgan fingerprint density at radius 1 is 1.15 bits per heavy atom. The number of hydrogen-bond acceptors (Lipinski definition) is 4. The van der Waals surface area contributed by atoms with Crippen molar-refractivity contribution in [3.8, 4) is 0 Å². The maximum Gasteiger partial charge on any atom is 0.328 e. The molecule has 2 N–H and O–H groups in total. The highest BCUT2D eigenvalue weighted by Gasteiger charge is 2.26. The molecular weight excluding hydrogens is 332 g/mol. The SMILES string of the molecule is CCOC(=O)C(Cc1ccccc1)NC(=O)c1[nH]c(C)c(C(C)=O)c1C. The lowest BCUT2D eigenvalue weighted by Gasteiger charge is -2.17. The van der Waals surface area contributed by atoms with E-state index in [9.17, 15) is 14.4 Å². The number of aromatic nitrogens is 1. The van der Waals surface area contributed by atoms with Gasteiger partial charge in [0.2, 0.25) is 0 Å². The quantitative estimate of drug-likeness (QED) is 0.590. The van der Waals surface area contributed by atoms with Gasteiger partial charge in [0.15, 0.2) is 5.78 Å². The number of ketones is 1. The van der Waals surface area contributed by atoms with Crippen LogP contribution < -0.4 is 5.32 Å². The van der Waals surface area contributed by atoms with E-state index >= 15 is 0 Å². The number of H-pyrrole nitrogens is 1. The maximum absolute atomic E-state index is 12.7. The second-order valence-corrected chi connectivity index (χ2v) is 6.15. The number of hydrogen-bond donors (Lipinski definition) is 2. The van der Waals surface area contributed by atoms with Crippen LogP contribution in [0.2, 0.25) is 0 Å². The number of nitrogens with one attached hydrogen (secondary N) is 2. The summed E-state index contributed by atoms with van der Waals surface area (Å²) < 4.78 is 5.09. The van der Waals surface area contributed by atoms with Crippen molar-refractivity contribution >= 4 is 17.7 Å². The minimum absolute atomic E-state index is 0.110. The number of benzene rings is 1. The highest BCUT2D eigenvalue weighted by Crippen LogP contribution is 2.18. The van der Waals surface area contributed by atoms with Crippen LogP contribution >= 0.6 is 0 Å². The molecule has 0 aliphatic heterocycles. The summed E-state index contributed by atoms with van der Waals surface area (Å²) in [4.78, 5) is 39.7. The minimum Gasteiger partial charge on any atom is -0.464 e. The zero-order valence-electron chi connectivity index (χ0n) is 15.5. The van der Waals surface area contributed by atoms with Gasteiger partial charge in [-0.15, -0.1) is 0 Å². The third kappa shape index (κ3) is 4.39. The number of ether oxygens (including phenoxy) is 1. The highest BCUT2D eigenvalue weighted by atomic mass is 16.5. The third-order valence-electron chi connectivity index (χ3n) is 4.18. The molecule has 0 saturated carbocycles. The Labute approximate surface area is 152 Å². The third-order valence-corrected chi connectivity index (χ3v) is 4.18. The molecule has 1 atom stereocenters. The van der Waals surface area contributed by atoms with Crippen molar-refractivity contribution in [3.05, 3.63) is 58.4 Å². The Morgan fingerprint density at radius 3 is 2.35 bits per heavy atom. The molecule has 0 bridgehead atoms. The molecule has 6 nitrogen and oxygen atoms in total. The molecule has 1 aromatic carbocycles. The average Bonchev–Trinajstić information content (AvgIpc) is 2.90. The van der Waals surface area contributed by atoms with Crippen LogP contribution in [0.1, 0.15) is 51.5 Å². The Kier molecular flexibility index (Phi) is 6.33. The average molecular weight is 356 g/mol. The summed E-state index contributed by atoms with van der Waals surface area (Å²) in [5.74, 6) is -1.04. The summed E-state index contributed by atoms with van der Waals surface area (Å²) in [5.41, 5.74) is 2.92. The van der Waals surface area contributed by atoms with E-state index in [4.69, 9.17) is 4.74 Å². The Balaban J connectivity index is 2.24. The first-order valence-corrected chi connectivity index (χ1v) is 8.56. The zero-order chi connectivity index (χ0) is 19.3. The van der Waals surface area contributed by atoms with E-state index in [1.807, 2.05) is 30.3 Å². The Morgan fingerprint density at radius 2 is 1.81 bits per heavy atom. The number of rotatable bonds is 7. The number of carbonyl (C=O) groups excluding carboxylic acids is 3. The molecule has 0 aliphatic carbocycles. The highest BCUT2D eigenvalue weighted by molar-refractivity contribution is 6.03. The van der Waals surface area contributed by atoms with Gasteiger partial charge in [0.1, 0.15) is 11.7 Å². The molecule has 1 heterocycles. The van der Waals surface area contributed by atoms with Gasteiger partial charge < -0.3 is 15.0 Å². The lowest BCUT2D eigenvalue weighted by molar-refractivity contribution is -0.145. The van der Waals surface area contributed by atoms with Crippen LogP contribution in [-0.2, 0) is 16.0 Å². The Bertz CT molecular complexity index is 809. The van der Waals surface area contributed by atoms with Crippen molar-refractivity contribution in [2.45, 2.75) is 40.2 Å². The van der Waals surface area contributed by atoms with Crippen molar-refractivity contribution in [1.29, 1.82) is 0 Å². The molecule has 6 heteroatoms. The van der Waals surface area contributed by atoms with Gasteiger partial charge >= 0.3 is 5.97 Å². The summed E-state index contributed by atoms with van der Waals surface area (Å²) in [6, 6.07) is 8.59. The van der Waals surface area contributed by atoms with Crippen LogP contribution in [0.4, 0.5) is 0 Å². The van der Waals surface area contributed by atoms with E-state index in [-0.39, 0.29) is 18.1 Å². The molecule has 138 valence electrons. The van der Waals surface area contributed by atoms with Gasteiger partial charge in [0.25, 0.3) is 5.91 Å². The molecule has 0 aliphatic rings.